The third-order valence-corrected chi connectivity index (χ3v) is 5.43. The molecule has 1 aromatic carbocycles. The fourth-order valence-corrected chi connectivity index (χ4v) is 3.87. The molecule has 29 heavy (non-hydrogen) atoms. The van der Waals surface area contributed by atoms with Crippen LogP contribution < -0.4 is 0 Å². The van der Waals surface area contributed by atoms with Gasteiger partial charge in [0.2, 0.25) is 5.91 Å². The molecule has 0 saturated carbocycles. The summed E-state index contributed by atoms with van der Waals surface area (Å²) in [6.45, 7) is 1.48. The van der Waals surface area contributed by atoms with Gasteiger partial charge in [0.15, 0.2) is 0 Å². The minimum absolute atomic E-state index is 0.134. The molecule has 1 fully saturated rings. The number of benzene rings is 1. The first-order valence-corrected chi connectivity index (χ1v) is 10.1. The van der Waals surface area contributed by atoms with E-state index < -0.39 is 0 Å². The van der Waals surface area contributed by atoms with Crippen LogP contribution >= 0.6 is 0 Å². The van der Waals surface area contributed by atoms with Crippen LogP contribution in [0, 0.1) is 5.82 Å². The van der Waals surface area contributed by atoms with Gasteiger partial charge in [0.1, 0.15) is 5.82 Å². The van der Waals surface area contributed by atoms with Crippen LogP contribution in [0.2, 0.25) is 0 Å². The predicted molar refractivity (Wildman–Crippen MR) is 110 cm³/mol. The Labute approximate surface area is 170 Å². The molecule has 5 heteroatoms. The second kappa shape index (κ2) is 8.95. The number of hydrogen-bond donors (Lipinski definition) is 0. The van der Waals surface area contributed by atoms with E-state index in [1.807, 2.05) is 41.3 Å². The Kier molecular flexibility index (Phi) is 5.94. The van der Waals surface area contributed by atoms with E-state index in [0.29, 0.717) is 18.8 Å². The van der Waals surface area contributed by atoms with E-state index in [0.717, 1.165) is 48.6 Å². The molecular formula is C24H24FN3O. The summed E-state index contributed by atoms with van der Waals surface area (Å²) >= 11 is 0. The van der Waals surface area contributed by atoms with Crippen molar-refractivity contribution in [2.75, 3.05) is 13.1 Å². The molecule has 0 unspecified atom stereocenters. The zero-order valence-electron chi connectivity index (χ0n) is 16.3. The Morgan fingerprint density at radius 1 is 1.00 bits per heavy atom. The highest BCUT2D eigenvalue weighted by Gasteiger charge is 2.25. The Bertz CT molecular complexity index is 969. The highest BCUT2D eigenvalue weighted by molar-refractivity contribution is 5.78. The van der Waals surface area contributed by atoms with E-state index in [1.165, 1.54) is 6.07 Å². The van der Waals surface area contributed by atoms with Gasteiger partial charge in [-0.1, -0.05) is 24.3 Å². The number of amides is 1. The van der Waals surface area contributed by atoms with Gasteiger partial charge in [0.25, 0.3) is 0 Å². The van der Waals surface area contributed by atoms with Gasteiger partial charge in [0, 0.05) is 48.7 Å². The van der Waals surface area contributed by atoms with Crippen molar-refractivity contribution in [3.8, 4) is 0 Å². The number of rotatable bonds is 5. The van der Waals surface area contributed by atoms with Crippen LogP contribution in [0.3, 0.4) is 0 Å². The fraction of sp³-hybridized carbons (Fsp3) is 0.292. The fourth-order valence-electron chi connectivity index (χ4n) is 3.87. The molecule has 3 heterocycles. The van der Waals surface area contributed by atoms with Crippen LogP contribution in [0.25, 0.3) is 0 Å². The second-order valence-electron chi connectivity index (χ2n) is 7.51. The van der Waals surface area contributed by atoms with Gasteiger partial charge in [-0.05, 0) is 54.8 Å². The summed E-state index contributed by atoms with van der Waals surface area (Å²) in [7, 11) is 0. The van der Waals surface area contributed by atoms with E-state index in [4.69, 9.17) is 4.98 Å². The summed E-state index contributed by atoms with van der Waals surface area (Å²) in [5.74, 6) is 0.262. The quantitative estimate of drug-likeness (QED) is 0.658. The number of aromatic nitrogens is 2. The molecule has 0 bridgehead atoms. The Morgan fingerprint density at radius 3 is 2.55 bits per heavy atom. The van der Waals surface area contributed by atoms with Crippen molar-refractivity contribution in [3.63, 3.8) is 0 Å². The van der Waals surface area contributed by atoms with Gasteiger partial charge in [-0.2, -0.15) is 0 Å². The molecule has 1 saturated heterocycles. The number of pyridine rings is 2. The zero-order valence-corrected chi connectivity index (χ0v) is 16.3. The molecule has 148 valence electrons. The lowest BCUT2D eigenvalue weighted by Crippen LogP contribution is -2.39. The number of hydrogen-bond acceptors (Lipinski definition) is 3. The first-order chi connectivity index (χ1) is 14.2. The molecule has 2 aromatic heterocycles. The summed E-state index contributed by atoms with van der Waals surface area (Å²) < 4.78 is 13.4. The molecular weight excluding hydrogens is 365 g/mol. The lowest BCUT2D eigenvalue weighted by molar-refractivity contribution is -0.131. The molecule has 0 atom stereocenters. The van der Waals surface area contributed by atoms with Crippen LogP contribution in [0.5, 0.6) is 0 Å². The van der Waals surface area contributed by atoms with Crippen molar-refractivity contribution in [2.45, 2.75) is 31.6 Å². The van der Waals surface area contributed by atoms with Crippen LogP contribution in [-0.2, 0) is 17.6 Å². The first kappa shape index (κ1) is 19.2. The average Bonchev–Trinajstić information content (AvgIpc) is 2.75. The van der Waals surface area contributed by atoms with Gasteiger partial charge in [-0.25, -0.2) is 4.39 Å². The maximum atomic E-state index is 13.4. The zero-order chi connectivity index (χ0) is 20.1. The van der Waals surface area contributed by atoms with E-state index in [-0.39, 0.29) is 11.7 Å². The second-order valence-corrected chi connectivity index (χ2v) is 7.51. The molecule has 3 aromatic rings. The van der Waals surface area contributed by atoms with E-state index in [1.54, 1.807) is 18.3 Å². The number of carbonyl (C=O) groups excluding carboxylic acids is 1. The largest absolute Gasteiger partial charge is 0.342 e. The van der Waals surface area contributed by atoms with Crippen LogP contribution in [0.15, 0.2) is 66.9 Å². The number of likely N-dealkylation sites (tertiary alicyclic amines) is 1. The van der Waals surface area contributed by atoms with Crippen molar-refractivity contribution in [1.29, 1.82) is 0 Å². The number of halogens is 1. The van der Waals surface area contributed by atoms with E-state index >= 15 is 0 Å². The summed E-state index contributed by atoms with van der Waals surface area (Å²) in [6.07, 6.45) is 4.51. The molecule has 1 aliphatic heterocycles. The SMILES string of the molecule is O=C(Cc1ccccn1)N1CCC(c2cccc(Cc3cccc(F)c3)n2)CC1. The lowest BCUT2D eigenvalue weighted by atomic mass is 9.92. The summed E-state index contributed by atoms with van der Waals surface area (Å²) in [5, 5.41) is 0. The van der Waals surface area contributed by atoms with Crippen LogP contribution in [-0.4, -0.2) is 33.9 Å². The Morgan fingerprint density at radius 2 is 1.79 bits per heavy atom. The summed E-state index contributed by atoms with van der Waals surface area (Å²) in [5.41, 5.74) is 3.74. The van der Waals surface area contributed by atoms with Crippen molar-refractivity contribution >= 4 is 5.91 Å². The number of piperidine rings is 1. The molecule has 0 aliphatic carbocycles. The molecule has 4 nitrogen and oxygen atoms in total. The minimum atomic E-state index is -0.221. The van der Waals surface area contributed by atoms with Gasteiger partial charge >= 0.3 is 0 Å². The highest BCUT2D eigenvalue weighted by atomic mass is 19.1. The maximum Gasteiger partial charge on any atom is 0.228 e. The summed E-state index contributed by atoms with van der Waals surface area (Å²) in [6, 6.07) is 18.4. The monoisotopic (exact) mass is 389 g/mol. The molecule has 1 amide bonds. The van der Waals surface area contributed by atoms with Crippen LogP contribution in [0.4, 0.5) is 4.39 Å². The predicted octanol–water partition coefficient (Wildman–Crippen LogP) is 4.16. The van der Waals surface area contributed by atoms with Crippen molar-refractivity contribution < 1.29 is 9.18 Å². The minimum Gasteiger partial charge on any atom is -0.342 e. The third kappa shape index (κ3) is 5.05. The van der Waals surface area contributed by atoms with Crippen molar-refractivity contribution in [1.82, 2.24) is 14.9 Å². The Hall–Kier alpha value is -3.08. The summed E-state index contributed by atoms with van der Waals surface area (Å²) in [4.78, 5) is 23.5. The van der Waals surface area contributed by atoms with Gasteiger partial charge in [-0.3, -0.25) is 14.8 Å². The number of nitrogens with zero attached hydrogens (tertiary/aromatic N) is 3. The van der Waals surface area contributed by atoms with Crippen LogP contribution in [0.1, 0.15) is 41.4 Å². The standard InChI is InChI=1S/C24H24FN3O/c25-20-6-3-5-18(15-20)16-22-8-4-9-23(27-22)19-10-13-28(14-11-19)24(29)17-21-7-1-2-12-26-21/h1-9,12,15,19H,10-11,13-14,16-17H2. The third-order valence-electron chi connectivity index (χ3n) is 5.43. The molecule has 0 N–H and O–H groups in total. The van der Waals surface area contributed by atoms with Crippen molar-refractivity contribution in [2.24, 2.45) is 0 Å². The topological polar surface area (TPSA) is 46.1 Å². The molecule has 0 radical (unpaired) electrons. The van der Waals surface area contributed by atoms with Gasteiger partial charge in [0.05, 0.1) is 6.42 Å². The lowest BCUT2D eigenvalue weighted by Gasteiger charge is -2.32. The smallest absolute Gasteiger partial charge is 0.228 e. The Balaban J connectivity index is 1.35. The molecule has 4 rings (SSSR count). The average molecular weight is 389 g/mol. The van der Waals surface area contributed by atoms with Gasteiger partial charge in [-0.15, -0.1) is 0 Å². The van der Waals surface area contributed by atoms with Crippen molar-refractivity contribution in [3.05, 3.63) is 95.3 Å². The number of carbonyl (C=O) groups is 1. The normalized spacial score (nSPS) is 14.7. The van der Waals surface area contributed by atoms with Gasteiger partial charge < -0.3 is 4.90 Å². The highest BCUT2D eigenvalue weighted by Crippen LogP contribution is 2.27. The maximum absolute atomic E-state index is 13.4. The van der Waals surface area contributed by atoms with E-state index in [2.05, 4.69) is 11.1 Å². The molecule has 0 spiro atoms. The first-order valence-electron chi connectivity index (χ1n) is 10.1. The van der Waals surface area contributed by atoms with E-state index in [9.17, 15) is 9.18 Å². The molecule has 1 aliphatic rings.